The van der Waals surface area contributed by atoms with E-state index in [0.717, 1.165) is 17.7 Å². The van der Waals surface area contributed by atoms with Gasteiger partial charge in [0.05, 0.1) is 24.2 Å². The predicted octanol–water partition coefficient (Wildman–Crippen LogP) is 1.19. The van der Waals surface area contributed by atoms with E-state index in [-0.39, 0.29) is 0 Å². The van der Waals surface area contributed by atoms with Gasteiger partial charge in [-0.25, -0.2) is 19.0 Å². The predicted molar refractivity (Wildman–Crippen MR) is 108 cm³/mol. The number of imidazole rings is 1. The minimum atomic E-state index is -1.14. The molecule has 1 aromatic carbocycles. The molecule has 2 N–H and O–H groups in total. The number of carbonyl (C=O) groups excluding carboxylic acids is 1. The van der Waals surface area contributed by atoms with E-state index in [9.17, 15) is 19.5 Å². The number of fused-ring (bicyclic) bond motifs is 1. The van der Waals surface area contributed by atoms with Crippen molar-refractivity contribution in [1.29, 1.82) is 0 Å². The molecular weight excluding hydrogens is 376 g/mol. The number of hydrogen-bond donors (Lipinski definition) is 2. The Morgan fingerprint density at radius 3 is 2.34 bits per heavy atom. The summed E-state index contributed by atoms with van der Waals surface area (Å²) < 4.78 is 7.94. The van der Waals surface area contributed by atoms with Crippen molar-refractivity contribution in [2.45, 2.75) is 33.4 Å². The van der Waals surface area contributed by atoms with Crippen molar-refractivity contribution in [2.24, 2.45) is 5.41 Å². The summed E-state index contributed by atoms with van der Waals surface area (Å²) in [7, 11) is 0. The number of hydrogen-bond acceptors (Lipinski definition) is 5. The van der Waals surface area contributed by atoms with E-state index in [2.05, 4.69) is 10.2 Å². The van der Waals surface area contributed by atoms with Crippen LogP contribution in [-0.2, 0) is 16.1 Å². The minimum Gasteiger partial charge on any atom is -0.480 e. The maximum atomic E-state index is 13.1. The largest absolute Gasteiger partial charge is 0.480 e. The number of ether oxygens (including phenoxy) is 1. The van der Waals surface area contributed by atoms with Gasteiger partial charge in [-0.1, -0.05) is 32.9 Å². The van der Waals surface area contributed by atoms with E-state index in [1.54, 1.807) is 43.5 Å². The van der Waals surface area contributed by atoms with Gasteiger partial charge in [-0.05, 0) is 17.5 Å². The van der Waals surface area contributed by atoms with Gasteiger partial charge >= 0.3 is 17.7 Å². The lowest BCUT2D eigenvalue weighted by Crippen LogP contribution is -2.51. The number of nitrogens with zero attached hydrogens (tertiary/aromatic N) is 3. The smallest absolute Gasteiger partial charge is 0.337 e. The number of carboxylic acid groups (broad SMARTS) is 1. The number of amides is 1. The van der Waals surface area contributed by atoms with Crippen LogP contribution in [0.5, 0.6) is 0 Å². The molecule has 0 spiro atoms. The van der Waals surface area contributed by atoms with Gasteiger partial charge in [0, 0.05) is 26.2 Å². The summed E-state index contributed by atoms with van der Waals surface area (Å²) in [4.78, 5) is 39.8. The fourth-order valence-electron chi connectivity index (χ4n) is 3.52. The Morgan fingerprint density at radius 2 is 1.76 bits per heavy atom. The monoisotopic (exact) mass is 404 g/mol. The second kappa shape index (κ2) is 8.38. The Hall–Kier alpha value is -2.65. The van der Waals surface area contributed by atoms with Crippen LogP contribution in [-0.4, -0.2) is 70.0 Å². The molecule has 0 bridgehead atoms. The van der Waals surface area contributed by atoms with E-state index < -0.39 is 29.1 Å². The fourth-order valence-corrected chi connectivity index (χ4v) is 3.52. The summed E-state index contributed by atoms with van der Waals surface area (Å²) in [6, 6.07) is 5.17. The molecule has 0 unspecified atom stereocenters. The molecule has 0 saturated carbocycles. The van der Waals surface area contributed by atoms with Crippen LogP contribution < -0.4 is 11.0 Å². The molecular formula is C20H28N4O5. The number of carboxylic acids is 1. The zero-order valence-electron chi connectivity index (χ0n) is 17.1. The molecule has 2 heterocycles. The molecule has 1 amide bonds. The first-order valence-corrected chi connectivity index (χ1v) is 9.74. The van der Waals surface area contributed by atoms with Crippen LogP contribution in [0.4, 0.5) is 4.79 Å². The maximum absolute atomic E-state index is 13.1. The third-order valence-electron chi connectivity index (χ3n) is 5.16. The first-order chi connectivity index (χ1) is 13.7. The van der Waals surface area contributed by atoms with Crippen LogP contribution in [0.2, 0.25) is 0 Å². The van der Waals surface area contributed by atoms with Crippen molar-refractivity contribution in [3.8, 4) is 0 Å². The topological polar surface area (TPSA) is 106 Å². The van der Waals surface area contributed by atoms with Crippen LogP contribution in [0.25, 0.3) is 11.0 Å². The highest BCUT2D eigenvalue weighted by atomic mass is 16.5. The zero-order valence-corrected chi connectivity index (χ0v) is 17.1. The molecule has 1 fully saturated rings. The first kappa shape index (κ1) is 21.1. The van der Waals surface area contributed by atoms with Crippen LogP contribution in [0.3, 0.4) is 0 Å². The van der Waals surface area contributed by atoms with Crippen molar-refractivity contribution in [1.82, 2.24) is 19.4 Å². The number of nitrogens with one attached hydrogen (secondary N) is 1. The number of para-hydroxylation sites is 2. The SMILES string of the molecule is CC(C)(C)[C@H](NC(=O)n1c(=O)n(CCN2CCOCC2)c2ccccc21)C(=O)O. The Labute approximate surface area is 168 Å². The van der Waals surface area contributed by atoms with Crippen LogP contribution >= 0.6 is 0 Å². The molecule has 2 aromatic rings. The van der Waals surface area contributed by atoms with E-state index in [1.807, 2.05) is 6.07 Å². The average Bonchev–Trinajstić information content (AvgIpc) is 2.95. The van der Waals surface area contributed by atoms with Crippen LogP contribution in [0.15, 0.2) is 29.1 Å². The Balaban J connectivity index is 1.91. The highest BCUT2D eigenvalue weighted by Gasteiger charge is 2.34. The molecule has 158 valence electrons. The first-order valence-electron chi connectivity index (χ1n) is 9.74. The molecule has 9 heteroatoms. The Kier molecular flexibility index (Phi) is 6.09. The molecule has 1 saturated heterocycles. The van der Waals surface area contributed by atoms with Gasteiger partial charge in [-0.2, -0.15) is 0 Å². The van der Waals surface area contributed by atoms with Gasteiger partial charge < -0.3 is 15.2 Å². The Morgan fingerprint density at radius 1 is 1.14 bits per heavy atom. The lowest BCUT2D eigenvalue weighted by Gasteiger charge is -2.27. The van der Waals surface area contributed by atoms with E-state index in [0.29, 0.717) is 37.3 Å². The zero-order chi connectivity index (χ0) is 21.2. The van der Waals surface area contributed by atoms with Gasteiger partial charge in [-0.3, -0.25) is 9.47 Å². The number of rotatable bonds is 5. The van der Waals surface area contributed by atoms with E-state index in [1.165, 1.54) is 0 Å². The standard InChI is InChI=1S/C20H28N4O5/c1-20(2,3)16(17(25)26)21-18(27)24-15-7-5-4-6-14(15)23(19(24)28)9-8-22-10-12-29-13-11-22/h4-7,16H,8-13H2,1-3H3,(H,21,27)(H,25,26)/t16-/m1/s1. The summed E-state index contributed by atoms with van der Waals surface area (Å²) in [5.74, 6) is -1.14. The molecule has 1 aliphatic rings. The lowest BCUT2D eigenvalue weighted by molar-refractivity contribution is -0.141. The highest BCUT2D eigenvalue weighted by molar-refractivity contribution is 5.91. The van der Waals surface area contributed by atoms with Crippen LogP contribution in [0, 0.1) is 5.41 Å². The third-order valence-corrected chi connectivity index (χ3v) is 5.16. The number of morpholine rings is 1. The Bertz CT molecular complexity index is 950. The van der Waals surface area contributed by atoms with E-state index in [4.69, 9.17) is 4.74 Å². The van der Waals surface area contributed by atoms with Gasteiger partial charge in [0.1, 0.15) is 6.04 Å². The van der Waals surface area contributed by atoms with Gasteiger partial charge in [0.15, 0.2) is 0 Å². The van der Waals surface area contributed by atoms with E-state index >= 15 is 0 Å². The second-order valence-corrected chi connectivity index (χ2v) is 8.30. The molecule has 9 nitrogen and oxygen atoms in total. The summed E-state index contributed by atoms with van der Waals surface area (Å²) in [6.45, 7) is 9.21. The lowest BCUT2D eigenvalue weighted by atomic mass is 9.87. The van der Waals surface area contributed by atoms with Gasteiger partial charge in [0.2, 0.25) is 0 Å². The normalized spacial score (nSPS) is 16.7. The van der Waals surface area contributed by atoms with Crippen molar-refractivity contribution >= 4 is 23.0 Å². The van der Waals surface area contributed by atoms with Crippen molar-refractivity contribution in [3.63, 3.8) is 0 Å². The number of benzene rings is 1. The molecule has 0 aliphatic carbocycles. The fraction of sp³-hybridized carbons (Fsp3) is 0.550. The third kappa shape index (κ3) is 4.51. The molecule has 29 heavy (non-hydrogen) atoms. The van der Waals surface area contributed by atoms with Crippen LogP contribution in [0.1, 0.15) is 20.8 Å². The molecule has 1 aromatic heterocycles. The van der Waals surface area contributed by atoms with Gasteiger partial charge in [0.25, 0.3) is 0 Å². The highest BCUT2D eigenvalue weighted by Crippen LogP contribution is 2.20. The molecule has 1 atom stereocenters. The molecule has 3 rings (SSSR count). The quantitative estimate of drug-likeness (QED) is 0.776. The molecule has 1 aliphatic heterocycles. The summed E-state index contributed by atoms with van der Waals surface area (Å²) >= 11 is 0. The van der Waals surface area contributed by atoms with Gasteiger partial charge in [-0.15, -0.1) is 0 Å². The summed E-state index contributed by atoms with van der Waals surface area (Å²) in [5, 5.41) is 12.0. The van der Waals surface area contributed by atoms with Crippen molar-refractivity contribution in [3.05, 3.63) is 34.7 Å². The number of aromatic nitrogens is 2. The maximum Gasteiger partial charge on any atom is 0.337 e. The number of aliphatic carboxylic acids is 1. The minimum absolute atomic E-state index is 0.432. The van der Waals surface area contributed by atoms with Crippen molar-refractivity contribution < 1.29 is 19.4 Å². The summed E-state index contributed by atoms with van der Waals surface area (Å²) in [6.07, 6.45) is 0. The molecule has 0 radical (unpaired) electrons. The average molecular weight is 404 g/mol. The van der Waals surface area contributed by atoms with Crippen molar-refractivity contribution in [2.75, 3.05) is 32.8 Å². The summed E-state index contributed by atoms with van der Waals surface area (Å²) in [5.41, 5.74) is -0.0895. The second-order valence-electron chi connectivity index (χ2n) is 8.30. The number of carbonyl (C=O) groups is 2.